The zero-order valence-corrected chi connectivity index (χ0v) is 10.9. The van der Waals surface area contributed by atoms with Crippen molar-refractivity contribution in [3.8, 4) is 0 Å². The minimum absolute atomic E-state index is 0.126. The van der Waals surface area contributed by atoms with E-state index in [4.69, 9.17) is 27.7 Å². The van der Waals surface area contributed by atoms with Gasteiger partial charge in [-0.2, -0.15) is 0 Å². The summed E-state index contributed by atoms with van der Waals surface area (Å²) in [4.78, 5) is 0. The van der Waals surface area contributed by atoms with Crippen molar-refractivity contribution < 1.29 is 4.52 Å². The number of hydrogen-bond acceptors (Lipinski definition) is 4. The van der Waals surface area contributed by atoms with Crippen LogP contribution in [-0.2, 0) is 6.54 Å². The van der Waals surface area contributed by atoms with Gasteiger partial charge in [0.2, 0.25) is 0 Å². The van der Waals surface area contributed by atoms with E-state index in [2.05, 4.69) is 10.5 Å². The molecular weight excluding hydrogens is 267 g/mol. The van der Waals surface area contributed by atoms with Crippen molar-refractivity contribution in [3.63, 3.8) is 0 Å². The summed E-state index contributed by atoms with van der Waals surface area (Å²) in [7, 11) is 0. The summed E-state index contributed by atoms with van der Waals surface area (Å²) in [6.45, 7) is 2.64. The molecule has 2 heterocycles. The van der Waals surface area contributed by atoms with Crippen LogP contribution in [0, 0.1) is 0 Å². The third kappa shape index (κ3) is 2.77. The first-order valence-corrected chi connectivity index (χ1v) is 6.31. The van der Waals surface area contributed by atoms with E-state index in [0.717, 1.165) is 15.7 Å². The highest BCUT2D eigenvalue weighted by Gasteiger charge is 2.13. The highest BCUT2D eigenvalue weighted by molar-refractivity contribution is 7.20. The number of aromatic nitrogens is 1. The molecule has 86 valence electrons. The summed E-state index contributed by atoms with van der Waals surface area (Å²) in [5, 5.41) is 6.92. The van der Waals surface area contributed by atoms with Gasteiger partial charge in [-0.1, -0.05) is 28.4 Å². The zero-order valence-electron chi connectivity index (χ0n) is 8.54. The Labute approximate surface area is 107 Å². The maximum Gasteiger partial charge on any atom is 0.150 e. The number of halogens is 2. The van der Waals surface area contributed by atoms with Gasteiger partial charge in [0.25, 0.3) is 0 Å². The van der Waals surface area contributed by atoms with E-state index in [1.54, 1.807) is 6.20 Å². The standard InChI is InChI=1S/C10H10Cl2N2OS/c1-6(8-4-9(11)16-10(8)12)13-5-7-2-3-14-15-7/h2-4,6,13H,5H2,1H3. The summed E-state index contributed by atoms with van der Waals surface area (Å²) < 4.78 is 6.41. The molecule has 6 heteroatoms. The number of nitrogens with zero attached hydrogens (tertiary/aromatic N) is 1. The number of thiophene rings is 1. The van der Waals surface area contributed by atoms with Gasteiger partial charge in [0.15, 0.2) is 0 Å². The van der Waals surface area contributed by atoms with Crippen LogP contribution >= 0.6 is 34.5 Å². The van der Waals surface area contributed by atoms with Crippen molar-refractivity contribution in [3.05, 3.63) is 38.3 Å². The molecule has 0 saturated carbocycles. The summed E-state index contributed by atoms with van der Waals surface area (Å²) in [6.07, 6.45) is 1.62. The molecule has 1 unspecified atom stereocenters. The van der Waals surface area contributed by atoms with E-state index in [-0.39, 0.29) is 6.04 Å². The summed E-state index contributed by atoms with van der Waals surface area (Å²) in [6, 6.07) is 3.83. The third-order valence-electron chi connectivity index (χ3n) is 2.22. The molecule has 1 N–H and O–H groups in total. The van der Waals surface area contributed by atoms with Crippen LogP contribution in [0.1, 0.15) is 24.3 Å². The first-order valence-electron chi connectivity index (χ1n) is 4.74. The van der Waals surface area contributed by atoms with Gasteiger partial charge < -0.3 is 9.84 Å². The molecule has 2 aromatic rings. The van der Waals surface area contributed by atoms with Gasteiger partial charge in [-0.3, -0.25) is 0 Å². The van der Waals surface area contributed by atoms with E-state index in [1.807, 2.05) is 19.1 Å². The largest absolute Gasteiger partial charge is 0.360 e. The van der Waals surface area contributed by atoms with Crippen LogP contribution in [0.15, 0.2) is 22.9 Å². The molecule has 0 amide bonds. The molecule has 0 aliphatic rings. The third-order valence-corrected chi connectivity index (χ3v) is 3.74. The number of nitrogens with one attached hydrogen (secondary N) is 1. The Bertz CT molecular complexity index is 455. The van der Waals surface area contributed by atoms with Gasteiger partial charge in [-0.05, 0) is 18.6 Å². The van der Waals surface area contributed by atoms with Crippen molar-refractivity contribution >= 4 is 34.5 Å². The van der Waals surface area contributed by atoms with Crippen LogP contribution in [0.3, 0.4) is 0 Å². The summed E-state index contributed by atoms with van der Waals surface area (Å²) in [5.74, 6) is 0.796. The van der Waals surface area contributed by atoms with Crippen molar-refractivity contribution in [2.75, 3.05) is 0 Å². The maximum atomic E-state index is 6.06. The quantitative estimate of drug-likeness (QED) is 0.921. The molecule has 0 saturated heterocycles. The molecule has 0 aromatic carbocycles. The minimum atomic E-state index is 0.126. The summed E-state index contributed by atoms with van der Waals surface area (Å²) >= 11 is 13.3. The lowest BCUT2D eigenvalue weighted by atomic mass is 10.2. The van der Waals surface area contributed by atoms with Crippen molar-refractivity contribution in [2.45, 2.75) is 19.5 Å². The van der Waals surface area contributed by atoms with Gasteiger partial charge in [-0.25, -0.2) is 0 Å². The Hall–Kier alpha value is -0.550. The molecule has 1 atom stereocenters. The van der Waals surface area contributed by atoms with Crippen molar-refractivity contribution in [2.24, 2.45) is 0 Å². The van der Waals surface area contributed by atoms with E-state index in [0.29, 0.717) is 10.9 Å². The molecule has 0 aliphatic heterocycles. The Kier molecular flexibility index (Phi) is 3.86. The van der Waals surface area contributed by atoms with Crippen molar-refractivity contribution in [1.82, 2.24) is 10.5 Å². The molecule has 3 nitrogen and oxygen atoms in total. The van der Waals surface area contributed by atoms with Crippen LogP contribution in [0.25, 0.3) is 0 Å². The van der Waals surface area contributed by atoms with Crippen LogP contribution in [-0.4, -0.2) is 5.16 Å². The van der Waals surface area contributed by atoms with Crippen LogP contribution in [0.4, 0.5) is 0 Å². The maximum absolute atomic E-state index is 6.06. The van der Waals surface area contributed by atoms with Crippen LogP contribution < -0.4 is 5.32 Å². The normalized spacial score (nSPS) is 12.9. The molecule has 0 aliphatic carbocycles. The molecule has 0 radical (unpaired) electrons. The van der Waals surface area contributed by atoms with Crippen molar-refractivity contribution in [1.29, 1.82) is 0 Å². The van der Waals surface area contributed by atoms with E-state index < -0.39 is 0 Å². The molecule has 2 rings (SSSR count). The number of rotatable bonds is 4. The van der Waals surface area contributed by atoms with E-state index in [1.165, 1.54) is 11.3 Å². The molecular formula is C10H10Cl2N2OS. The summed E-state index contributed by atoms with van der Waals surface area (Å²) in [5.41, 5.74) is 1.01. The van der Waals surface area contributed by atoms with Crippen LogP contribution in [0.5, 0.6) is 0 Å². The molecule has 0 spiro atoms. The van der Waals surface area contributed by atoms with Crippen LogP contribution in [0.2, 0.25) is 8.67 Å². The molecule has 16 heavy (non-hydrogen) atoms. The fraction of sp³-hybridized carbons (Fsp3) is 0.300. The fourth-order valence-electron chi connectivity index (χ4n) is 1.35. The van der Waals surface area contributed by atoms with E-state index in [9.17, 15) is 0 Å². The highest BCUT2D eigenvalue weighted by atomic mass is 35.5. The Balaban J connectivity index is 1.98. The van der Waals surface area contributed by atoms with Gasteiger partial charge in [0, 0.05) is 12.1 Å². The lowest BCUT2D eigenvalue weighted by Crippen LogP contribution is -2.17. The first-order chi connectivity index (χ1) is 7.66. The lowest BCUT2D eigenvalue weighted by Gasteiger charge is -2.11. The lowest BCUT2D eigenvalue weighted by molar-refractivity contribution is 0.366. The van der Waals surface area contributed by atoms with Gasteiger partial charge in [0.1, 0.15) is 5.76 Å². The second kappa shape index (κ2) is 5.19. The monoisotopic (exact) mass is 276 g/mol. The SMILES string of the molecule is CC(NCc1ccno1)c1cc(Cl)sc1Cl. The molecule has 0 bridgehead atoms. The Morgan fingerprint density at radius 2 is 2.38 bits per heavy atom. The first kappa shape index (κ1) is 11.9. The molecule has 2 aromatic heterocycles. The second-order valence-corrected chi connectivity index (χ2v) is 5.65. The molecule has 0 fully saturated rings. The average Bonchev–Trinajstić information content (AvgIpc) is 2.84. The highest BCUT2D eigenvalue weighted by Crippen LogP contribution is 2.34. The number of hydrogen-bond donors (Lipinski definition) is 1. The second-order valence-electron chi connectivity index (χ2n) is 3.36. The Morgan fingerprint density at radius 3 is 2.94 bits per heavy atom. The fourth-order valence-corrected chi connectivity index (χ4v) is 2.99. The smallest absolute Gasteiger partial charge is 0.150 e. The van der Waals surface area contributed by atoms with Gasteiger partial charge in [0.05, 0.1) is 21.4 Å². The predicted octanol–water partition coefficient (Wildman–Crippen LogP) is 3.89. The van der Waals surface area contributed by atoms with Gasteiger partial charge >= 0.3 is 0 Å². The predicted molar refractivity (Wildman–Crippen MR) is 66.1 cm³/mol. The topological polar surface area (TPSA) is 38.1 Å². The van der Waals surface area contributed by atoms with E-state index >= 15 is 0 Å². The average molecular weight is 277 g/mol. The van der Waals surface area contributed by atoms with Gasteiger partial charge in [-0.15, -0.1) is 11.3 Å². The zero-order chi connectivity index (χ0) is 11.5. The minimum Gasteiger partial charge on any atom is -0.360 e. The Morgan fingerprint density at radius 1 is 1.56 bits per heavy atom.